The predicted molar refractivity (Wildman–Crippen MR) is 152 cm³/mol. The molecule has 1 aromatic heterocycles. The van der Waals surface area contributed by atoms with Gasteiger partial charge in [0.2, 0.25) is 0 Å². The molecule has 0 atom stereocenters. The molecule has 3 rings (SSSR count). The molecule has 0 spiro atoms. The van der Waals surface area contributed by atoms with Crippen LogP contribution in [0.25, 0.3) is 23.2 Å². The Kier molecular flexibility index (Phi) is 12.5. The van der Waals surface area contributed by atoms with Gasteiger partial charge in [-0.3, -0.25) is 0 Å². The maximum Gasteiger partial charge on any atom is 0.133 e. The van der Waals surface area contributed by atoms with Gasteiger partial charge in [0.25, 0.3) is 0 Å². The van der Waals surface area contributed by atoms with Gasteiger partial charge in [-0.05, 0) is 42.3 Å². The first-order valence-electron chi connectivity index (χ1n) is 14.1. The summed E-state index contributed by atoms with van der Waals surface area (Å²) in [5.41, 5.74) is 3.46. The third kappa shape index (κ3) is 9.55. The van der Waals surface area contributed by atoms with Crippen LogP contribution in [0.15, 0.2) is 48.5 Å². The van der Waals surface area contributed by atoms with Crippen LogP contribution in [0.4, 0.5) is 0 Å². The van der Waals surface area contributed by atoms with E-state index in [1.807, 2.05) is 12.1 Å². The van der Waals surface area contributed by atoms with E-state index < -0.39 is 0 Å². The summed E-state index contributed by atoms with van der Waals surface area (Å²) in [6.45, 7) is 3.32. The van der Waals surface area contributed by atoms with Crippen molar-refractivity contribution in [3.63, 3.8) is 0 Å². The summed E-state index contributed by atoms with van der Waals surface area (Å²) in [4.78, 5) is 4.90. The quantitative estimate of drug-likeness (QED) is 0.172. The number of hydrogen-bond acceptors (Lipinski definition) is 2. The highest BCUT2D eigenvalue weighted by Crippen LogP contribution is 2.20. The van der Waals surface area contributed by atoms with Crippen LogP contribution in [-0.4, -0.2) is 16.7 Å². The van der Waals surface area contributed by atoms with Crippen LogP contribution in [0.5, 0.6) is 5.75 Å². The molecule has 0 unspecified atom stereocenters. The Balaban J connectivity index is 1.38. The van der Waals surface area contributed by atoms with Crippen LogP contribution in [0.3, 0.4) is 0 Å². The first-order valence-corrected chi connectivity index (χ1v) is 14.1. The number of aryl methyl sites for hydroxylation is 1. The molecule has 0 fully saturated rings. The minimum atomic E-state index is 0.882. The minimum Gasteiger partial charge on any atom is -0.497 e. The normalized spacial score (nSPS) is 11.6. The van der Waals surface area contributed by atoms with Crippen LogP contribution in [0, 0.1) is 0 Å². The second-order valence-electron chi connectivity index (χ2n) is 9.81. The van der Waals surface area contributed by atoms with Crippen molar-refractivity contribution < 1.29 is 4.74 Å². The highest BCUT2D eigenvalue weighted by molar-refractivity contribution is 5.79. The Morgan fingerprint density at radius 2 is 1.26 bits per heavy atom. The molecule has 0 aliphatic heterocycles. The largest absolute Gasteiger partial charge is 0.497 e. The van der Waals surface area contributed by atoms with E-state index in [1.165, 1.54) is 95.4 Å². The average molecular weight is 475 g/mol. The molecule has 0 saturated heterocycles. The van der Waals surface area contributed by atoms with Crippen molar-refractivity contribution in [1.82, 2.24) is 9.55 Å². The first kappa shape index (κ1) is 27.0. The molecule has 0 amide bonds. The Labute approximate surface area is 213 Å². The number of ether oxygens (including phenoxy) is 1. The fourth-order valence-corrected chi connectivity index (χ4v) is 4.81. The number of para-hydroxylation sites is 2. The van der Waals surface area contributed by atoms with Gasteiger partial charge >= 0.3 is 0 Å². The molecule has 3 nitrogen and oxygen atoms in total. The van der Waals surface area contributed by atoms with E-state index in [0.717, 1.165) is 29.2 Å². The van der Waals surface area contributed by atoms with Crippen molar-refractivity contribution in [3.8, 4) is 5.75 Å². The molecule has 2 aromatic carbocycles. The third-order valence-corrected chi connectivity index (χ3v) is 6.96. The summed E-state index contributed by atoms with van der Waals surface area (Å²) < 4.78 is 7.65. The highest BCUT2D eigenvalue weighted by atomic mass is 16.5. The summed E-state index contributed by atoms with van der Waals surface area (Å²) >= 11 is 0. The number of hydrogen-bond donors (Lipinski definition) is 0. The standard InChI is InChI=1S/C32H46N2O/c1-3-4-5-6-7-8-9-10-11-12-13-14-15-18-27-34-31-20-17-16-19-30(31)33-32(34)26-23-28-21-24-29(35-2)25-22-28/h16-17,19-26H,3-15,18,27H2,1-2H3/b26-23+. The lowest BCUT2D eigenvalue weighted by atomic mass is 10.0. The molecule has 0 aliphatic rings. The van der Waals surface area contributed by atoms with Gasteiger partial charge in [-0.2, -0.15) is 0 Å². The molecular formula is C32H46N2O. The number of aromatic nitrogens is 2. The SMILES string of the molecule is CCCCCCCCCCCCCCCCn1c(/C=C/c2ccc(OC)cc2)nc2ccccc21. The molecule has 0 saturated carbocycles. The maximum atomic E-state index is 5.27. The van der Waals surface area contributed by atoms with Crippen LogP contribution in [-0.2, 0) is 6.54 Å². The summed E-state index contributed by atoms with van der Waals surface area (Å²) in [5, 5.41) is 0. The van der Waals surface area contributed by atoms with Gasteiger partial charge < -0.3 is 9.30 Å². The zero-order valence-corrected chi connectivity index (χ0v) is 22.2. The van der Waals surface area contributed by atoms with Crippen LogP contribution in [0.1, 0.15) is 108 Å². The zero-order chi connectivity index (χ0) is 24.6. The van der Waals surface area contributed by atoms with Crippen LogP contribution >= 0.6 is 0 Å². The number of benzene rings is 2. The van der Waals surface area contributed by atoms with Gasteiger partial charge in [-0.15, -0.1) is 0 Å². The van der Waals surface area contributed by atoms with E-state index >= 15 is 0 Å². The van der Waals surface area contributed by atoms with E-state index in [0.29, 0.717) is 0 Å². The van der Waals surface area contributed by atoms with Crippen LogP contribution in [0.2, 0.25) is 0 Å². The second kappa shape index (κ2) is 16.2. The Morgan fingerprint density at radius 1 is 0.686 bits per heavy atom. The van der Waals surface area contributed by atoms with E-state index in [1.54, 1.807) is 7.11 Å². The summed E-state index contributed by atoms with van der Waals surface area (Å²) in [6, 6.07) is 16.6. The molecule has 0 bridgehead atoms. The summed E-state index contributed by atoms with van der Waals surface area (Å²) in [5.74, 6) is 1.92. The summed E-state index contributed by atoms with van der Waals surface area (Å²) in [7, 11) is 1.70. The van der Waals surface area contributed by atoms with Crippen molar-refractivity contribution in [1.29, 1.82) is 0 Å². The molecule has 35 heavy (non-hydrogen) atoms. The fourth-order valence-electron chi connectivity index (χ4n) is 4.81. The number of unbranched alkanes of at least 4 members (excludes halogenated alkanes) is 13. The number of fused-ring (bicyclic) bond motifs is 1. The Bertz CT molecular complexity index is 986. The van der Waals surface area contributed by atoms with Crippen molar-refractivity contribution in [2.24, 2.45) is 0 Å². The van der Waals surface area contributed by atoms with E-state index in [2.05, 4.69) is 60.0 Å². The number of rotatable bonds is 18. The third-order valence-electron chi connectivity index (χ3n) is 6.96. The van der Waals surface area contributed by atoms with E-state index in [4.69, 9.17) is 9.72 Å². The smallest absolute Gasteiger partial charge is 0.133 e. The molecule has 3 aromatic rings. The van der Waals surface area contributed by atoms with Gasteiger partial charge in [-0.1, -0.05) is 121 Å². The number of methoxy groups -OCH3 is 1. The van der Waals surface area contributed by atoms with Gasteiger partial charge in [0.1, 0.15) is 11.6 Å². The molecule has 0 N–H and O–H groups in total. The van der Waals surface area contributed by atoms with Crippen molar-refractivity contribution in [2.75, 3.05) is 7.11 Å². The maximum absolute atomic E-state index is 5.27. The van der Waals surface area contributed by atoms with Crippen molar-refractivity contribution in [2.45, 2.75) is 103 Å². The Hall–Kier alpha value is -2.55. The Morgan fingerprint density at radius 3 is 1.86 bits per heavy atom. The zero-order valence-electron chi connectivity index (χ0n) is 22.2. The van der Waals surface area contributed by atoms with Gasteiger partial charge in [0.05, 0.1) is 18.1 Å². The van der Waals surface area contributed by atoms with Crippen LogP contribution < -0.4 is 4.74 Å². The van der Waals surface area contributed by atoms with E-state index in [-0.39, 0.29) is 0 Å². The lowest BCUT2D eigenvalue weighted by Crippen LogP contribution is -2.00. The molecule has 0 radical (unpaired) electrons. The molecule has 3 heteroatoms. The van der Waals surface area contributed by atoms with Gasteiger partial charge in [0.15, 0.2) is 0 Å². The first-order chi connectivity index (χ1) is 17.3. The van der Waals surface area contributed by atoms with Crippen molar-refractivity contribution >= 4 is 23.2 Å². The molecule has 0 aliphatic carbocycles. The highest BCUT2D eigenvalue weighted by Gasteiger charge is 2.08. The molecular weight excluding hydrogens is 428 g/mol. The molecule has 190 valence electrons. The predicted octanol–water partition coefficient (Wildman–Crippen LogP) is 9.70. The molecule has 1 heterocycles. The topological polar surface area (TPSA) is 27.1 Å². The summed E-state index contributed by atoms with van der Waals surface area (Å²) in [6.07, 6.45) is 23.7. The van der Waals surface area contributed by atoms with Gasteiger partial charge in [-0.25, -0.2) is 4.98 Å². The lowest BCUT2D eigenvalue weighted by molar-refractivity contribution is 0.415. The number of imidazole rings is 1. The fraction of sp³-hybridized carbons (Fsp3) is 0.531. The average Bonchev–Trinajstić information content (AvgIpc) is 3.25. The second-order valence-corrected chi connectivity index (χ2v) is 9.81. The van der Waals surface area contributed by atoms with E-state index in [9.17, 15) is 0 Å². The minimum absolute atomic E-state index is 0.882. The monoisotopic (exact) mass is 474 g/mol. The lowest BCUT2D eigenvalue weighted by Gasteiger charge is -2.08. The van der Waals surface area contributed by atoms with Gasteiger partial charge in [0, 0.05) is 6.54 Å². The number of nitrogens with zero attached hydrogens (tertiary/aromatic N) is 2. The van der Waals surface area contributed by atoms with Crippen molar-refractivity contribution in [3.05, 3.63) is 59.9 Å².